The molecule has 100 valence electrons. The van der Waals surface area contributed by atoms with Crippen molar-refractivity contribution in [3.05, 3.63) is 29.3 Å². The highest BCUT2D eigenvalue weighted by Crippen LogP contribution is 2.22. The summed E-state index contributed by atoms with van der Waals surface area (Å²) >= 11 is 0. The second kappa shape index (κ2) is 4.99. The van der Waals surface area contributed by atoms with Crippen LogP contribution < -0.4 is 5.73 Å². The largest absolute Gasteiger partial charge is 0.327 e. The first-order chi connectivity index (χ1) is 8.41. The summed E-state index contributed by atoms with van der Waals surface area (Å²) in [5.41, 5.74) is 7.95. The summed E-state index contributed by atoms with van der Waals surface area (Å²) in [6.07, 6.45) is 1.74. The number of hydrogen-bond acceptors (Lipinski definition) is 3. The molecule has 1 fully saturated rings. The Balaban J connectivity index is 2.32. The summed E-state index contributed by atoms with van der Waals surface area (Å²) in [5.74, 6) is 0. The lowest BCUT2D eigenvalue weighted by atomic mass is 10.1. The van der Waals surface area contributed by atoms with E-state index in [1.807, 2.05) is 19.9 Å². The van der Waals surface area contributed by atoms with Crippen molar-refractivity contribution < 1.29 is 8.42 Å². The highest BCUT2D eigenvalue weighted by molar-refractivity contribution is 7.89. The fraction of sp³-hybridized carbons (Fsp3) is 0.538. The molecule has 0 amide bonds. The standard InChI is InChI=1S/C13H20N2O2S/c1-10-5-6-13(8-11(10)2)18(16,17)15-7-3-4-12(14)9-15/h5-6,8,12H,3-4,7,9,14H2,1-2H3/t12-/m1/s1. The van der Waals surface area contributed by atoms with Gasteiger partial charge in [-0.25, -0.2) is 8.42 Å². The Morgan fingerprint density at radius 3 is 2.61 bits per heavy atom. The van der Waals surface area contributed by atoms with Crippen molar-refractivity contribution >= 4 is 10.0 Å². The molecule has 1 heterocycles. The minimum Gasteiger partial charge on any atom is -0.327 e. The fourth-order valence-corrected chi connectivity index (χ4v) is 3.84. The summed E-state index contributed by atoms with van der Waals surface area (Å²) in [4.78, 5) is 0.375. The van der Waals surface area contributed by atoms with Crippen molar-refractivity contribution in [2.24, 2.45) is 5.73 Å². The molecule has 0 unspecified atom stereocenters. The van der Waals surface area contributed by atoms with Crippen LogP contribution in [0.4, 0.5) is 0 Å². The molecule has 2 rings (SSSR count). The lowest BCUT2D eigenvalue weighted by Gasteiger charge is -2.30. The van der Waals surface area contributed by atoms with Crippen molar-refractivity contribution in [2.75, 3.05) is 13.1 Å². The molecule has 1 aromatic rings. The van der Waals surface area contributed by atoms with Gasteiger partial charge in [0.2, 0.25) is 10.0 Å². The van der Waals surface area contributed by atoms with Crippen LogP contribution >= 0.6 is 0 Å². The first kappa shape index (κ1) is 13.5. The third kappa shape index (κ3) is 2.58. The first-order valence-electron chi connectivity index (χ1n) is 6.24. The predicted molar refractivity (Wildman–Crippen MR) is 71.9 cm³/mol. The average Bonchev–Trinajstić information content (AvgIpc) is 2.32. The van der Waals surface area contributed by atoms with Crippen LogP contribution in [0.15, 0.2) is 23.1 Å². The van der Waals surface area contributed by atoms with Gasteiger partial charge in [0.1, 0.15) is 0 Å². The number of hydrogen-bond donors (Lipinski definition) is 1. The van der Waals surface area contributed by atoms with Crippen LogP contribution in [-0.2, 0) is 10.0 Å². The number of nitrogens with zero attached hydrogens (tertiary/aromatic N) is 1. The Labute approximate surface area is 109 Å². The van der Waals surface area contributed by atoms with Crippen LogP contribution in [-0.4, -0.2) is 31.9 Å². The van der Waals surface area contributed by atoms with E-state index in [0.717, 1.165) is 24.0 Å². The number of rotatable bonds is 2. The van der Waals surface area contributed by atoms with Gasteiger partial charge in [-0.15, -0.1) is 0 Å². The predicted octanol–water partition coefficient (Wildman–Crippen LogP) is 1.42. The van der Waals surface area contributed by atoms with Gasteiger partial charge in [-0.3, -0.25) is 0 Å². The third-order valence-electron chi connectivity index (χ3n) is 3.54. The molecular formula is C13H20N2O2S. The SMILES string of the molecule is Cc1ccc(S(=O)(=O)N2CCC[C@@H](N)C2)cc1C. The Kier molecular flexibility index (Phi) is 3.75. The molecule has 0 aromatic heterocycles. The van der Waals surface area contributed by atoms with E-state index in [1.165, 1.54) is 4.31 Å². The molecule has 1 aliphatic heterocycles. The van der Waals surface area contributed by atoms with Gasteiger partial charge in [0, 0.05) is 19.1 Å². The molecule has 5 heteroatoms. The zero-order chi connectivity index (χ0) is 13.3. The van der Waals surface area contributed by atoms with Crippen molar-refractivity contribution in [3.63, 3.8) is 0 Å². The fourth-order valence-electron chi connectivity index (χ4n) is 2.22. The number of benzene rings is 1. The number of piperidine rings is 1. The van der Waals surface area contributed by atoms with E-state index in [4.69, 9.17) is 5.73 Å². The topological polar surface area (TPSA) is 63.4 Å². The van der Waals surface area contributed by atoms with Gasteiger partial charge in [0.25, 0.3) is 0 Å². The molecular weight excluding hydrogens is 248 g/mol. The molecule has 4 nitrogen and oxygen atoms in total. The number of nitrogens with two attached hydrogens (primary N) is 1. The summed E-state index contributed by atoms with van der Waals surface area (Å²) in [5, 5.41) is 0. The summed E-state index contributed by atoms with van der Waals surface area (Å²) in [6, 6.07) is 5.23. The summed E-state index contributed by atoms with van der Waals surface area (Å²) in [6.45, 7) is 4.90. The van der Waals surface area contributed by atoms with Crippen molar-refractivity contribution in [3.8, 4) is 0 Å². The van der Waals surface area contributed by atoms with Crippen LogP contribution in [0.5, 0.6) is 0 Å². The van der Waals surface area contributed by atoms with Gasteiger partial charge in [0.05, 0.1) is 4.90 Å². The lowest BCUT2D eigenvalue weighted by Crippen LogP contribution is -2.45. The van der Waals surface area contributed by atoms with Crippen LogP contribution in [0.3, 0.4) is 0 Å². The Hall–Kier alpha value is -0.910. The van der Waals surface area contributed by atoms with Gasteiger partial charge in [-0.2, -0.15) is 4.31 Å². The van der Waals surface area contributed by atoms with Gasteiger partial charge in [-0.05, 0) is 49.9 Å². The van der Waals surface area contributed by atoms with E-state index in [2.05, 4.69) is 0 Å². The number of aryl methyl sites for hydroxylation is 2. The van der Waals surface area contributed by atoms with Crippen molar-refractivity contribution in [1.82, 2.24) is 4.31 Å². The summed E-state index contributed by atoms with van der Waals surface area (Å²) < 4.78 is 26.4. The van der Waals surface area contributed by atoms with Crippen LogP contribution in [0, 0.1) is 13.8 Å². The zero-order valence-corrected chi connectivity index (χ0v) is 11.7. The van der Waals surface area contributed by atoms with Crippen molar-refractivity contribution in [1.29, 1.82) is 0 Å². The Bertz CT molecular complexity index is 540. The maximum Gasteiger partial charge on any atom is 0.243 e. The average molecular weight is 268 g/mol. The zero-order valence-electron chi connectivity index (χ0n) is 10.9. The minimum absolute atomic E-state index is 0.0416. The van der Waals surface area contributed by atoms with Crippen LogP contribution in [0.25, 0.3) is 0 Å². The molecule has 0 spiro atoms. The molecule has 18 heavy (non-hydrogen) atoms. The molecule has 0 radical (unpaired) electrons. The van der Waals surface area contributed by atoms with Crippen LogP contribution in [0.2, 0.25) is 0 Å². The molecule has 1 atom stereocenters. The van der Waals surface area contributed by atoms with E-state index >= 15 is 0 Å². The smallest absolute Gasteiger partial charge is 0.243 e. The second-order valence-corrected chi connectivity index (χ2v) is 6.95. The van der Waals surface area contributed by atoms with E-state index in [1.54, 1.807) is 12.1 Å². The summed E-state index contributed by atoms with van der Waals surface area (Å²) in [7, 11) is -3.38. The molecule has 1 aromatic carbocycles. The maximum absolute atomic E-state index is 12.5. The van der Waals surface area contributed by atoms with E-state index in [9.17, 15) is 8.42 Å². The van der Waals surface area contributed by atoms with E-state index in [-0.39, 0.29) is 6.04 Å². The monoisotopic (exact) mass is 268 g/mol. The second-order valence-electron chi connectivity index (χ2n) is 5.01. The minimum atomic E-state index is -3.38. The Morgan fingerprint density at radius 2 is 2.00 bits per heavy atom. The number of sulfonamides is 1. The van der Waals surface area contributed by atoms with Gasteiger partial charge < -0.3 is 5.73 Å². The van der Waals surface area contributed by atoms with Crippen molar-refractivity contribution in [2.45, 2.75) is 37.6 Å². The highest BCUT2D eigenvalue weighted by atomic mass is 32.2. The normalized spacial score (nSPS) is 22.1. The lowest BCUT2D eigenvalue weighted by molar-refractivity contribution is 0.316. The molecule has 1 aliphatic rings. The van der Waals surface area contributed by atoms with Gasteiger partial charge in [0.15, 0.2) is 0 Å². The molecule has 0 aliphatic carbocycles. The molecule has 0 saturated carbocycles. The first-order valence-corrected chi connectivity index (χ1v) is 7.68. The molecule has 2 N–H and O–H groups in total. The molecule has 1 saturated heterocycles. The van der Waals surface area contributed by atoms with E-state index < -0.39 is 10.0 Å². The quantitative estimate of drug-likeness (QED) is 0.882. The maximum atomic E-state index is 12.5. The van der Waals surface area contributed by atoms with E-state index in [0.29, 0.717) is 18.0 Å². The third-order valence-corrected chi connectivity index (χ3v) is 5.40. The Morgan fingerprint density at radius 1 is 1.28 bits per heavy atom. The van der Waals surface area contributed by atoms with Gasteiger partial charge >= 0.3 is 0 Å². The molecule has 0 bridgehead atoms. The highest BCUT2D eigenvalue weighted by Gasteiger charge is 2.28. The van der Waals surface area contributed by atoms with Crippen LogP contribution in [0.1, 0.15) is 24.0 Å². The van der Waals surface area contributed by atoms with Gasteiger partial charge in [-0.1, -0.05) is 6.07 Å².